The van der Waals surface area contributed by atoms with Crippen LogP contribution in [-0.4, -0.2) is 36.7 Å². The summed E-state index contributed by atoms with van der Waals surface area (Å²) in [7, 11) is 1.48. The third kappa shape index (κ3) is 3.13. The van der Waals surface area contributed by atoms with Gasteiger partial charge >= 0.3 is 5.97 Å². The zero-order chi connectivity index (χ0) is 18.6. The van der Waals surface area contributed by atoms with Crippen molar-refractivity contribution in [1.82, 2.24) is 4.90 Å². The Balaban J connectivity index is 1.47. The van der Waals surface area contributed by atoms with Crippen LogP contribution in [0.1, 0.15) is 38.5 Å². The molecule has 4 aliphatic carbocycles. The van der Waals surface area contributed by atoms with E-state index in [2.05, 4.69) is 50.0 Å². The van der Waals surface area contributed by atoms with Gasteiger partial charge in [0.15, 0.2) is 0 Å². The molecule has 0 N–H and O–H groups in total. The topological polar surface area (TPSA) is 32.8 Å². The van der Waals surface area contributed by atoms with E-state index in [1.807, 2.05) is 6.20 Å². The third-order valence-corrected chi connectivity index (χ3v) is 7.81. The number of hydrogen-bond donors (Lipinski definition) is 0. The molecule has 1 aromatic carbocycles. The highest BCUT2D eigenvalue weighted by Crippen LogP contribution is 2.58. The number of ether oxygens (including phenoxy) is 1. The predicted molar refractivity (Wildman–Crippen MR) is 109 cm³/mol. The molecule has 0 unspecified atom stereocenters. The average molecular weight is 431 g/mol. The molecule has 1 heterocycles. The Morgan fingerprint density at radius 1 is 1.07 bits per heavy atom. The highest BCUT2D eigenvalue weighted by Gasteiger charge is 2.54. The van der Waals surface area contributed by atoms with Gasteiger partial charge in [-0.15, -0.1) is 0 Å². The van der Waals surface area contributed by atoms with Crippen molar-refractivity contribution in [2.24, 2.45) is 17.8 Å². The molecule has 4 saturated carbocycles. The van der Waals surface area contributed by atoms with E-state index in [0.29, 0.717) is 6.54 Å². The van der Waals surface area contributed by atoms with Crippen LogP contribution in [0.15, 0.2) is 40.5 Å². The number of methoxy groups -OCH3 is 1. The van der Waals surface area contributed by atoms with Crippen molar-refractivity contribution in [3.63, 3.8) is 0 Å². The largest absolute Gasteiger partial charge is 0.466 e. The lowest BCUT2D eigenvalue weighted by Crippen LogP contribution is -2.63. The minimum Gasteiger partial charge on any atom is -0.466 e. The first-order valence-corrected chi connectivity index (χ1v) is 10.9. The fraction of sp³-hybridized carbons (Fsp3) is 0.591. The van der Waals surface area contributed by atoms with E-state index in [1.165, 1.54) is 45.6 Å². The van der Waals surface area contributed by atoms with Gasteiger partial charge in [0, 0.05) is 28.4 Å². The quantitative estimate of drug-likeness (QED) is 0.658. The predicted octanol–water partition coefficient (Wildman–Crippen LogP) is 4.55. The molecular formula is C22H27BrN2O2. The second-order valence-corrected chi connectivity index (χ2v) is 9.99. The average Bonchev–Trinajstić information content (AvgIpc) is 2.66. The maximum atomic E-state index is 12.4. The van der Waals surface area contributed by atoms with Gasteiger partial charge in [0.05, 0.1) is 19.4 Å². The number of anilines is 1. The first kappa shape index (κ1) is 17.7. The molecule has 4 nitrogen and oxygen atoms in total. The fourth-order valence-corrected chi connectivity index (χ4v) is 6.78. The highest BCUT2D eigenvalue weighted by atomic mass is 79.9. The van der Waals surface area contributed by atoms with Crippen molar-refractivity contribution < 1.29 is 9.53 Å². The van der Waals surface area contributed by atoms with Crippen LogP contribution in [0, 0.1) is 17.8 Å². The van der Waals surface area contributed by atoms with E-state index in [0.717, 1.165) is 40.2 Å². The normalized spacial score (nSPS) is 35.3. The molecule has 0 saturated heterocycles. The van der Waals surface area contributed by atoms with E-state index in [-0.39, 0.29) is 11.5 Å². The van der Waals surface area contributed by atoms with Crippen molar-refractivity contribution in [2.45, 2.75) is 44.1 Å². The van der Waals surface area contributed by atoms with Crippen LogP contribution >= 0.6 is 15.9 Å². The summed E-state index contributed by atoms with van der Waals surface area (Å²) in [5.41, 5.74) is 2.16. The second kappa shape index (κ2) is 6.63. The van der Waals surface area contributed by atoms with Gasteiger partial charge in [-0.05, 0) is 80.5 Å². The number of rotatable bonds is 3. The molecule has 4 fully saturated rings. The SMILES string of the molecule is COC(=O)C1=CN(c2ccc(Br)cc2)CN(C23CC4CC(CC(C4)C2)C3)C1. The summed E-state index contributed by atoms with van der Waals surface area (Å²) in [6.07, 6.45) is 10.2. The Bertz CT molecular complexity index is 738. The second-order valence-electron chi connectivity index (χ2n) is 9.07. The number of benzene rings is 1. The standard InChI is InChI=1S/C22H27BrN2O2/c1-27-21(26)18-12-24(20-4-2-19(23)3-5-20)14-25(13-18)22-9-15-6-16(10-22)8-17(7-15)11-22/h2-5,12,15-17H,6-11,13-14H2,1H3. The number of halogens is 1. The van der Waals surface area contributed by atoms with Gasteiger partial charge in [-0.2, -0.15) is 0 Å². The molecule has 1 aromatic rings. The van der Waals surface area contributed by atoms with Crippen LogP contribution in [0.2, 0.25) is 0 Å². The lowest BCUT2D eigenvalue weighted by Gasteiger charge is -2.61. The molecule has 0 radical (unpaired) electrons. The van der Waals surface area contributed by atoms with Gasteiger partial charge in [-0.3, -0.25) is 4.90 Å². The zero-order valence-corrected chi connectivity index (χ0v) is 17.5. The van der Waals surface area contributed by atoms with Crippen molar-refractivity contribution in [1.29, 1.82) is 0 Å². The zero-order valence-electron chi connectivity index (χ0n) is 15.9. The molecule has 6 rings (SSSR count). The molecule has 4 bridgehead atoms. The van der Waals surface area contributed by atoms with Gasteiger partial charge in [-0.25, -0.2) is 4.79 Å². The number of carbonyl (C=O) groups excluding carboxylic acids is 1. The summed E-state index contributed by atoms with van der Waals surface area (Å²) in [4.78, 5) is 17.2. The smallest absolute Gasteiger partial charge is 0.336 e. The van der Waals surface area contributed by atoms with E-state index in [1.54, 1.807) is 0 Å². The molecule has 5 heteroatoms. The van der Waals surface area contributed by atoms with Crippen LogP contribution in [0.25, 0.3) is 0 Å². The van der Waals surface area contributed by atoms with Crippen molar-refractivity contribution in [2.75, 3.05) is 25.2 Å². The molecule has 0 amide bonds. The lowest BCUT2D eigenvalue weighted by atomic mass is 9.52. The fourth-order valence-electron chi connectivity index (χ4n) is 6.52. The molecule has 5 aliphatic rings. The Morgan fingerprint density at radius 2 is 1.67 bits per heavy atom. The molecule has 0 spiro atoms. The first-order valence-electron chi connectivity index (χ1n) is 10.1. The first-order chi connectivity index (χ1) is 13.0. The molecule has 1 aliphatic heterocycles. The number of carbonyl (C=O) groups is 1. The maximum Gasteiger partial charge on any atom is 0.336 e. The van der Waals surface area contributed by atoms with Gasteiger partial charge in [0.25, 0.3) is 0 Å². The Morgan fingerprint density at radius 3 is 2.22 bits per heavy atom. The minimum absolute atomic E-state index is 0.202. The van der Waals surface area contributed by atoms with Crippen molar-refractivity contribution >= 4 is 27.6 Å². The van der Waals surface area contributed by atoms with E-state index < -0.39 is 0 Å². The molecule has 0 atom stereocenters. The van der Waals surface area contributed by atoms with Gasteiger partial charge in [0.2, 0.25) is 0 Å². The number of esters is 1. The van der Waals surface area contributed by atoms with Crippen molar-refractivity contribution in [3.8, 4) is 0 Å². The summed E-state index contributed by atoms with van der Waals surface area (Å²) in [6, 6.07) is 8.34. The van der Waals surface area contributed by atoms with Crippen LogP contribution in [0.3, 0.4) is 0 Å². The Hall–Kier alpha value is -1.33. The van der Waals surface area contributed by atoms with Crippen LogP contribution in [-0.2, 0) is 9.53 Å². The lowest BCUT2D eigenvalue weighted by molar-refractivity contribution is -0.137. The third-order valence-electron chi connectivity index (χ3n) is 7.28. The Labute approximate surface area is 169 Å². The van der Waals surface area contributed by atoms with Gasteiger partial charge < -0.3 is 9.64 Å². The summed E-state index contributed by atoms with van der Waals surface area (Å²) in [5, 5.41) is 0. The van der Waals surface area contributed by atoms with E-state index in [9.17, 15) is 4.79 Å². The number of hydrogen-bond acceptors (Lipinski definition) is 4. The molecule has 144 valence electrons. The van der Waals surface area contributed by atoms with Crippen LogP contribution < -0.4 is 4.90 Å². The van der Waals surface area contributed by atoms with Gasteiger partial charge in [-0.1, -0.05) is 15.9 Å². The van der Waals surface area contributed by atoms with E-state index >= 15 is 0 Å². The molecule has 0 aromatic heterocycles. The maximum absolute atomic E-state index is 12.4. The summed E-state index contributed by atoms with van der Waals surface area (Å²) in [6.45, 7) is 1.57. The van der Waals surface area contributed by atoms with Crippen molar-refractivity contribution in [3.05, 3.63) is 40.5 Å². The number of nitrogens with zero attached hydrogens (tertiary/aromatic N) is 2. The molecule has 27 heavy (non-hydrogen) atoms. The van der Waals surface area contributed by atoms with Gasteiger partial charge in [0.1, 0.15) is 0 Å². The van der Waals surface area contributed by atoms with E-state index in [4.69, 9.17) is 4.74 Å². The minimum atomic E-state index is -0.202. The summed E-state index contributed by atoms with van der Waals surface area (Å²) in [5.74, 6) is 2.48. The summed E-state index contributed by atoms with van der Waals surface area (Å²) < 4.78 is 6.16. The summed E-state index contributed by atoms with van der Waals surface area (Å²) >= 11 is 3.52. The van der Waals surface area contributed by atoms with Crippen LogP contribution in [0.5, 0.6) is 0 Å². The molecular weight excluding hydrogens is 404 g/mol. The Kier molecular flexibility index (Phi) is 4.36. The monoisotopic (exact) mass is 430 g/mol. The highest BCUT2D eigenvalue weighted by molar-refractivity contribution is 9.10. The van der Waals surface area contributed by atoms with Crippen LogP contribution in [0.4, 0.5) is 5.69 Å².